The van der Waals surface area contributed by atoms with Crippen molar-refractivity contribution in [1.82, 2.24) is 0 Å². The number of carbonyl (C=O) groups is 1. The Morgan fingerprint density at radius 3 is 2.14 bits per heavy atom. The van der Waals surface area contributed by atoms with Crippen molar-refractivity contribution in [2.24, 2.45) is 0 Å². The Morgan fingerprint density at radius 1 is 0.952 bits per heavy atom. The zero-order chi connectivity index (χ0) is 15.5. The fraction of sp³-hybridized carbons (Fsp3) is 0.133. The van der Waals surface area contributed by atoms with E-state index in [0.717, 1.165) is 17.7 Å². The van der Waals surface area contributed by atoms with Crippen molar-refractivity contribution in [3.8, 4) is 0 Å². The van der Waals surface area contributed by atoms with Gasteiger partial charge in [0.15, 0.2) is 0 Å². The first kappa shape index (κ1) is 14.9. The second-order valence-corrected chi connectivity index (χ2v) is 4.52. The molecule has 21 heavy (non-hydrogen) atoms. The molecule has 0 saturated heterocycles. The second kappa shape index (κ2) is 5.87. The van der Waals surface area contributed by atoms with Crippen molar-refractivity contribution >= 4 is 17.4 Å². The molecule has 0 aliphatic rings. The van der Waals surface area contributed by atoms with Crippen LogP contribution in [0.5, 0.6) is 0 Å². The monoisotopic (exact) mass is 294 g/mol. The van der Waals surface area contributed by atoms with Gasteiger partial charge in [-0.2, -0.15) is 13.2 Å². The fourth-order valence-corrected chi connectivity index (χ4v) is 1.76. The topological polar surface area (TPSA) is 41.1 Å². The maximum absolute atomic E-state index is 12.4. The maximum Gasteiger partial charge on any atom is 0.416 e. The van der Waals surface area contributed by atoms with Gasteiger partial charge in [0.25, 0.3) is 0 Å². The number of hydrogen-bond acceptors (Lipinski definition) is 1. The summed E-state index contributed by atoms with van der Waals surface area (Å²) < 4.78 is 37.2. The van der Waals surface area contributed by atoms with Crippen LogP contribution in [0.1, 0.15) is 11.1 Å². The van der Waals surface area contributed by atoms with Gasteiger partial charge in [-0.3, -0.25) is 0 Å². The predicted octanol–water partition coefficient (Wildman–Crippen LogP) is 4.66. The highest BCUT2D eigenvalue weighted by atomic mass is 19.4. The Kier molecular flexibility index (Phi) is 4.16. The molecule has 0 spiro atoms. The van der Waals surface area contributed by atoms with Crippen molar-refractivity contribution in [3.05, 3.63) is 59.7 Å². The lowest BCUT2D eigenvalue weighted by Gasteiger charge is -2.10. The number of urea groups is 1. The molecule has 2 N–H and O–H groups in total. The van der Waals surface area contributed by atoms with Gasteiger partial charge in [-0.25, -0.2) is 4.79 Å². The van der Waals surface area contributed by atoms with E-state index in [9.17, 15) is 18.0 Å². The summed E-state index contributed by atoms with van der Waals surface area (Å²) in [6.07, 6.45) is -4.39. The third-order valence-electron chi connectivity index (χ3n) is 2.75. The molecule has 0 aliphatic carbocycles. The number of amides is 2. The van der Waals surface area contributed by atoms with Crippen molar-refractivity contribution in [3.63, 3.8) is 0 Å². The van der Waals surface area contributed by atoms with E-state index in [1.165, 1.54) is 12.1 Å². The average Bonchev–Trinajstić information content (AvgIpc) is 2.38. The number of hydrogen-bond donors (Lipinski definition) is 2. The van der Waals surface area contributed by atoms with Crippen molar-refractivity contribution in [2.45, 2.75) is 13.1 Å². The number of anilines is 2. The molecule has 2 aromatic rings. The Hall–Kier alpha value is -2.50. The van der Waals surface area contributed by atoms with Crippen LogP contribution in [0.25, 0.3) is 0 Å². The standard InChI is InChI=1S/C15H13F3N2O/c1-10-3-2-4-13(9-10)20-14(21)19-12-7-5-11(6-8-12)15(16,17)18/h2-9H,1H3,(H2,19,20,21). The van der Waals surface area contributed by atoms with Crippen LogP contribution in [0.15, 0.2) is 48.5 Å². The molecular formula is C15H13F3N2O. The van der Waals surface area contributed by atoms with Crippen LogP contribution in [0.4, 0.5) is 29.3 Å². The van der Waals surface area contributed by atoms with Crippen LogP contribution < -0.4 is 10.6 Å². The molecule has 0 fully saturated rings. The first-order chi connectivity index (χ1) is 9.84. The molecule has 110 valence electrons. The molecular weight excluding hydrogens is 281 g/mol. The molecule has 0 bridgehead atoms. The fourth-order valence-electron chi connectivity index (χ4n) is 1.76. The number of carbonyl (C=O) groups excluding carboxylic acids is 1. The predicted molar refractivity (Wildman–Crippen MR) is 75.3 cm³/mol. The van der Waals surface area contributed by atoms with Crippen LogP contribution in [0.3, 0.4) is 0 Å². The first-order valence-corrected chi connectivity index (χ1v) is 6.16. The SMILES string of the molecule is Cc1cccc(NC(=O)Nc2ccc(C(F)(F)F)cc2)c1. The largest absolute Gasteiger partial charge is 0.416 e. The number of nitrogens with one attached hydrogen (secondary N) is 2. The highest BCUT2D eigenvalue weighted by Crippen LogP contribution is 2.29. The second-order valence-electron chi connectivity index (χ2n) is 4.52. The quantitative estimate of drug-likeness (QED) is 0.831. The van der Waals surface area contributed by atoms with Gasteiger partial charge in [0.1, 0.15) is 0 Å². The number of alkyl halides is 3. The summed E-state index contributed by atoms with van der Waals surface area (Å²) in [4.78, 5) is 11.7. The Morgan fingerprint density at radius 2 is 1.57 bits per heavy atom. The molecule has 2 aromatic carbocycles. The van der Waals surface area contributed by atoms with Gasteiger partial charge in [-0.05, 0) is 48.9 Å². The number of benzene rings is 2. The summed E-state index contributed by atoms with van der Waals surface area (Å²) >= 11 is 0. The smallest absolute Gasteiger partial charge is 0.308 e. The summed E-state index contributed by atoms with van der Waals surface area (Å²) in [5, 5.41) is 5.07. The normalized spacial score (nSPS) is 11.0. The van der Waals surface area contributed by atoms with E-state index in [1.807, 2.05) is 13.0 Å². The molecule has 0 aliphatic heterocycles. The van der Waals surface area contributed by atoms with Crippen LogP contribution in [-0.4, -0.2) is 6.03 Å². The van der Waals surface area contributed by atoms with Gasteiger partial charge < -0.3 is 10.6 Å². The number of rotatable bonds is 2. The Bertz CT molecular complexity index is 636. The third kappa shape index (κ3) is 4.24. The minimum Gasteiger partial charge on any atom is -0.308 e. The molecule has 0 atom stereocenters. The molecule has 0 aromatic heterocycles. The molecule has 0 radical (unpaired) electrons. The van der Waals surface area contributed by atoms with E-state index in [0.29, 0.717) is 5.69 Å². The lowest BCUT2D eigenvalue weighted by Crippen LogP contribution is -2.19. The molecule has 3 nitrogen and oxygen atoms in total. The van der Waals surface area contributed by atoms with E-state index >= 15 is 0 Å². The van der Waals surface area contributed by atoms with Crippen LogP contribution in [0.2, 0.25) is 0 Å². The van der Waals surface area contributed by atoms with Crippen LogP contribution in [-0.2, 0) is 6.18 Å². The summed E-state index contributed by atoms with van der Waals surface area (Å²) in [6, 6.07) is 10.9. The summed E-state index contributed by atoms with van der Waals surface area (Å²) in [7, 11) is 0. The summed E-state index contributed by atoms with van der Waals surface area (Å²) in [6.45, 7) is 1.89. The van der Waals surface area contributed by atoms with E-state index < -0.39 is 17.8 Å². The van der Waals surface area contributed by atoms with Gasteiger partial charge in [0.05, 0.1) is 5.56 Å². The van der Waals surface area contributed by atoms with Crippen LogP contribution >= 0.6 is 0 Å². The minimum absolute atomic E-state index is 0.285. The molecule has 6 heteroatoms. The maximum atomic E-state index is 12.4. The van der Waals surface area contributed by atoms with Gasteiger partial charge in [-0.15, -0.1) is 0 Å². The van der Waals surface area contributed by atoms with E-state index in [-0.39, 0.29) is 5.69 Å². The Balaban J connectivity index is 2.00. The third-order valence-corrected chi connectivity index (χ3v) is 2.75. The highest BCUT2D eigenvalue weighted by Gasteiger charge is 2.29. The number of aryl methyl sites for hydroxylation is 1. The zero-order valence-electron chi connectivity index (χ0n) is 11.2. The van der Waals surface area contributed by atoms with Crippen molar-refractivity contribution < 1.29 is 18.0 Å². The van der Waals surface area contributed by atoms with Gasteiger partial charge in [-0.1, -0.05) is 12.1 Å². The van der Waals surface area contributed by atoms with Gasteiger partial charge >= 0.3 is 12.2 Å². The van der Waals surface area contributed by atoms with Crippen molar-refractivity contribution in [1.29, 1.82) is 0 Å². The lowest BCUT2D eigenvalue weighted by atomic mass is 10.2. The van der Waals surface area contributed by atoms with Gasteiger partial charge in [0.2, 0.25) is 0 Å². The summed E-state index contributed by atoms with van der Waals surface area (Å²) in [5.74, 6) is 0. The Labute approximate surface area is 119 Å². The first-order valence-electron chi connectivity index (χ1n) is 6.16. The van der Waals surface area contributed by atoms with Gasteiger partial charge in [0, 0.05) is 11.4 Å². The van der Waals surface area contributed by atoms with E-state index in [2.05, 4.69) is 10.6 Å². The summed E-state index contributed by atoms with van der Waals surface area (Å²) in [5.41, 5.74) is 1.13. The molecule has 2 rings (SSSR count). The molecule has 0 unspecified atom stereocenters. The number of halogens is 3. The zero-order valence-corrected chi connectivity index (χ0v) is 11.2. The molecule has 2 amide bonds. The lowest BCUT2D eigenvalue weighted by molar-refractivity contribution is -0.137. The minimum atomic E-state index is -4.39. The molecule has 0 saturated carbocycles. The van der Waals surface area contributed by atoms with E-state index in [4.69, 9.17) is 0 Å². The van der Waals surface area contributed by atoms with E-state index in [1.54, 1.807) is 18.2 Å². The van der Waals surface area contributed by atoms with Crippen LogP contribution in [0, 0.1) is 6.92 Å². The highest BCUT2D eigenvalue weighted by molar-refractivity contribution is 5.99. The van der Waals surface area contributed by atoms with Crippen molar-refractivity contribution in [2.75, 3.05) is 10.6 Å². The molecule has 0 heterocycles. The average molecular weight is 294 g/mol.